The Morgan fingerprint density at radius 1 is 1.39 bits per heavy atom. The molecule has 114 valence electrons. The van der Waals surface area contributed by atoms with E-state index in [2.05, 4.69) is 16.0 Å². The van der Waals surface area contributed by atoms with E-state index in [0.29, 0.717) is 16.4 Å². The molecule has 3 aromatic rings. The molecule has 0 atom stereocenters. The fourth-order valence-corrected chi connectivity index (χ4v) is 2.47. The van der Waals surface area contributed by atoms with E-state index in [0.717, 1.165) is 11.0 Å². The highest BCUT2D eigenvalue weighted by molar-refractivity contribution is 6.31. The zero-order valence-electron chi connectivity index (χ0n) is 12.2. The third kappa shape index (κ3) is 2.85. The fraction of sp³-hybridized carbons (Fsp3) is 0.0588. The zero-order chi connectivity index (χ0) is 16.4. The van der Waals surface area contributed by atoms with Gasteiger partial charge in [-0.1, -0.05) is 23.7 Å². The summed E-state index contributed by atoms with van der Waals surface area (Å²) in [6, 6.07) is 12.6. The van der Waals surface area contributed by atoms with Crippen molar-refractivity contribution >= 4 is 34.3 Å². The molecule has 0 aliphatic rings. The second-order valence-electron chi connectivity index (χ2n) is 4.82. The van der Waals surface area contributed by atoms with Gasteiger partial charge in [-0.15, -0.1) is 0 Å². The Morgan fingerprint density at radius 3 is 2.87 bits per heavy atom. The Labute approximate surface area is 137 Å². The van der Waals surface area contributed by atoms with Crippen molar-refractivity contribution in [3.8, 4) is 17.6 Å². The molecule has 0 amide bonds. The number of aromatic hydroxyl groups is 1. The third-order valence-corrected chi connectivity index (χ3v) is 3.57. The van der Waals surface area contributed by atoms with Gasteiger partial charge in [-0.05, 0) is 24.3 Å². The quantitative estimate of drug-likeness (QED) is 0.713. The van der Waals surface area contributed by atoms with E-state index < -0.39 is 0 Å². The van der Waals surface area contributed by atoms with Gasteiger partial charge in [0, 0.05) is 16.7 Å². The number of fused-ring (bicyclic) bond motifs is 1. The monoisotopic (exact) mass is 325 g/mol. The number of benzene rings is 2. The third-order valence-electron chi connectivity index (χ3n) is 3.35. The van der Waals surface area contributed by atoms with Crippen LogP contribution >= 0.6 is 11.6 Å². The highest BCUT2D eigenvalue weighted by Crippen LogP contribution is 2.35. The lowest BCUT2D eigenvalue weighted by Crippen LogP contribution is -1.89. The molecule has 0 fully saturated rings. The van der Waals surface area contributed by atoms with Gasteiger partial charge in [0.1, 0.15) is 11.9 Å². The second kappa shape index (κ2) is 6.03. The van der Waals surface area contributed by atoms with Gasteiger partial charge in [-0.3, -0.25) is 0 Å². The standard InChI is InChI=1S/C17H12ClN3O2/c1-23-15-8-12(18)7-10(16(15)22)6-11(9-19)17-20-13-4-2-3-5-14(13)21-17/h2-8,22H,1H3,(H,20,21)/b11-6+. The molecule has 0 bridgehead atoms. The van der Waals surface area contributed by atoms with Gasteiger partial charge in [0.25, 0.3) is 0 Å². The summed E-state index contributed by atoms with van der Waals surface area (Å²) < 4.78 is 5.07. The maximum Gasteiger partial charge on any atom is 0.165 e. The molecule has 5 nitrogen and oxygen atoms in total. The van der Waals surface area contributed by atoms with Gasteiger partial charge in [0.15, 0.2) is 11.5 Å². The van der Waals surface area contributed by atoms with E-state index >= 15 is 0 Å². The van der Waals surface area contributed by atoms with Gasteiger partial charge >= 0.3 is 0 Å². The van der Waals surface area contributed by atoms with Crippen LogP contribution in [0.4, 0.5) is 0 Å². The molecular weight excluding hydrogens is 314 g/mol. The average molecular weight is 326 g/mol. The average Bonchev–Trinajstić information content (AvgIpc) is 2.98. The van der Waals surface area contributed by atoms with E-state index in [9.17, 15) is 10.4 Å². The molecule has 0 unspecified atom stereocenters. The lowest BCUT2D eigenvalue weighted by atomic mass is 10.1. The van der Waals surface area contributed by atoms with Crippen molar-refractivity contribution in [1.29, 1.82) is 5.26 Å². The molecule has 0 saturated heterocycles. The van der Waals surface area contributed by atoms with Crippen molar-refractivity contribution in [2.75, 3.05) is 7.11 Å². The molecule has 0 radical (unpaired) electrons. The summed E-state index contributed by atoms with van der Waals surface area (Å²) in [6.07, 6.45) is 1.52. The number of hydrogen-bond donors (Lipinski definition) is 2. The van der Waals surface area contributed by atoms with Gasteiger partial charge in [-0.25, -0.2) is 4.98 Å². The lowest BCUT2D eigenvalue weighted by molar-refractivity contribution is 0.373. The van der Waals surface area contributed by atoms with Crippen molar-refractivity contribution in [3.05, 3.63) is 52.8 Å². The van der Waals surface area contributed by atoms with Gasteiger partial charge in [-0.2, -0.15) is 5.26 Å². The number of nitrogens with zero attached hydrogens (tertiary/aromatic N) is 2. The van der Waals surface area contributed by atoms with Crippen LogP contribution in [-0.4, -0.2) is 22.2 Å². The van der Waals surface area contributed by atoms with Crippen LogP contribution in [0.25, 0.3) is 22.7 Å². The van der Waals surface area contributed by atoms with Crippen molar-refractivity contribution < 1.29 is 9.84 Å². The first-order valence-electron chi connectivity index (χ1n) is 6.76. The number of imidazole rings is 1. The Kier molecular flexibility index (Phi) is 3.92. The van der Waals surface area contributed by atoms with E-state index in [1.165, 1.54) is 19.3 Å². The Hall–Kier alpha value is -2.97. The Balaban J connectivity index is 2.12. The number of phenols is 1. The van der Waals surface area contributed by atoms with Crippen LogP contribution in [0.5, 0.6) is 11.5 Å². The largest absolute Gasteiger partial charge is 0.504 e. The number of hydrogen-bond acceptors (Lipinski definition) is 4. The molecule has 6 heteroatoms. The lowest BCUT2D eigenvalue weighted by Gasteiger charge is -2.07. The van der Waals surface area contributed by atoms with Crippen LogP contribution in [0, 0.1) is 11.3 Å². The van der Waals surface area contributed by atoms with Crippen LogP contribution < -0.4 is 4.74 Å². The Morgan fingerprint density at radius 2 is 2.17 bits per heavy atom. The van der Waals surface area contributed by atoms with Crippen LogP contribution in [0.3, 0.4) is 0 Å². The van der Waals surface area contributed by atoms with Crippen molar-refractivity contribution in [3.63, 3.8) is 0 Å². The molecule has 0 saturated carbocycles. The molecular formula is C17H12ClN3O2. The fourth-order valence-electron chi connectivity index (χ4n) is 2.25. The number of rotatable bonds is 3. The number of halogens is 1. The maximum absolute atomic E-state index is 10.2. The molecule has 0 spiro atoms. The molecule has 23 heavy (non-hydrogen) atoms. The Bertz CT molecular complexity index is 921. The molecule has 2 aromatic carbocycles. The molecule has 1 heterocycles. The summed E-state index contributed by atoms with van der Waals surface area (Å²) in [7, 11) is 1.43. The van der Waals surface area contributed by atoms with Gasteiger partial charge in [0.2, 0.25) is 0 Å². The van der Waals surface area contributed by atoms with Crippen LogP contribution in [0.15, 0.2) is 36.4 Å². The molecule has 1 aromatic heterocycles. The van der Waals surface area contributed by atoms with E-state index in [4.69, 9.17) is 16.3 Å². The molecule has 2 N–H and O–H groups in total. The molecule has 0 aliphatic carbocycles. The maximum atomic E-state index is 10.2. The molecule has 0 aliphatic heterocycles. The first-order valence-corrected chi connectivity index (χ1v) is 7.13. The van der Waals surface area contributed by atoms with Gasteiger partial charge in [0.05, 0.1) is 23.7 Å². The SMILES string of the molecule is COc1cc(Cl)cc(/C=C(\C#N)c2nc3ccccc3[nH]2)c1O. The van der Waals surface area contributed by atoms with Crippen LogP contribution in [0.1, 0.15) is 11.4 Å². The number of nitrogens with one attached hydrogen (secondary N) is 1. The summed E-state index contributed by atoms with van der Waals surface area (Å²) >= 11 is 6.01. The normalized spacial score (nSPS) is 11.4. The molecule has 3 rings (SSSR count). The summed E-state index contributed by atoms with van der Waals surface area (Å²) in [6.45, 7) is 0. The first-order chi connectivity index (χ1) is 11.1. The number of aromatic nitrogens is 2. The number of para-hydroxylation sites is 2. The summed E-state index contributed by atoms with van der Waals surface area (Å²) in [5.41, 5.74) is 2.25. The number of methoxy groups -OCH3 is 1. The predicted octanol–water partition coefficient (Wildman–Crippen LogP) is 3.99. The van der Waals surface area contributed by atoms with Crippen LogP contribution in [0.2, 0.25) is 5.02 Å². The zero-order valence-corrected chi connectivity index (χ0v) is 12.9. The highest BCUT2D eigenvalue weighted by Gasteiger charge is 2.12. The summed E-state index contributed by atoms with van der Waals surface area (Å²) in [5, 5.41) is 20.0. The minimum absolute atomic E-state index is 0.0826. The first kappa shape index (κ1) is 14.9. The van der Waals surface area contributed by atoms with Crippen LogP contribution in [-0.2, 0) is 0 Å². The van der Waals surface area contributed by atoms with E-state index in [1.54, 1.807) is 6.07 Å². The number of aromatic amines is 1. The van der Waals surface area contributed by atoms with Crippen molar-refractivity contribution in [2.45, 2.75) is 0 Å². The number of H-pyrrole nitrogens is 1. The summed E-state index contributed by atoms with van der Waals surface area (Å²) in [4.78, 5) is 7.46. The smallest absolute Gasteiger partial charge is 0.165 e. The topological polar surface area (TPSA) is 81.9 Å². The minimum Gasteiger partial charge on any atom is -0.504 e. The van der Waals surface area contributed by atoms with E-state index in [-0.39, 0.29) is 17.1 Å². The highest BCUT2D eigenvalue weighted by atomic mass is 35.5. The predicted molar refractivity (Wildman–Crippen MR) is 89.2 cm³/mol. The van der Waals surface area contributed by atoms with E-state index in [1.807, 2.05) is 24.3 Å². The van der Waals surface area contributed by atoms with Crippen molar-refractivity contribution in [1.82, 2.24) is 9.97 Å². The van der Waals surface area contributed by atoms with Gasteiger partial charge < -0.3 is 14.8 Å². The number of nitriles is 1. The minimum atomic E-state index is -0.0826. The number of allylic oxidation sites excluding steroid dienone is 1. The van der Waals surface area contributed by atoms with Crippen molar-refractivity contribution in [2.24, 2.45) is 0 Å². The summed E-state index contributed by atoms with van der Waals surface area (Å²) in [5.74, 6) is 0.582. The number of ether oxygens (including phenoxy) is 1. The second-order valence-corrected chi connectivity index (χ2v) is 5.25. The number of phenolic OH excluding ortho intramolecular Hbond substituents is 1.